The highest BCUT2D eigenvalue weighted by molar-refractivity contribution is 5.84. The molecule has 0 aromatic rings. The molecule has 1 heterocycles. The van der Waals surface area contributed by atoms with Crippen LogP contribution in [0, 0.1) is 28.1 Å². The fraction of sp³-hybridized carbons (Fsp3) is 0.952. The highest BCUT2D eigenvalue weighted by Gasteiger charge is 2.66. The third kappa shape index (κ3) is 2.06. The predicted molar refractivity (Wildman–Crippen MR) is 93.5 cm³/mol. The van der Waals surface area contributed by atoms with Crippen molar-refractivity contribution < 1.29 is 14.3 Å². The summed E-state index contributed by atoms with van der Waals surface area (Å²) in [6, 6.07) is 0. The highest BCUT2D eigenvalue weighted by atomic mass is 16.7. The third-order valence-electron chi connectivity index (χ3n) is 8.84. The maximum absolute atomic E-state index is 12.5. The molecule has 136 valence electrons. The van der Waals surface area contributed by atoms with E-state index < -0.39 is 5.79 Å². The number of hydrogen-bond acceptors (Lipinski definition) is 3. The van der Waals surface area contributed by atoms with Crippen molar-refractivity contribution in [3.63, 3.8) is 0 Å². The average Bonchev–Trinajstić information content (AvgIpc) is 2.73. The first-order chi connectivity index (χ1) is 11.1. The lowest BCUT2D eigenvalue weighted by Gasteiger charge is -2.65. The molecule has 3 heteroatoms. The minimum atomic E-state index is -0.472. The molecule has 0 spiro atoms. The number of carbonyl (C=O) groups is 1. The van der Waals surface area contributed by atoms with Crippen molar-refractivity contribution in [1.82, 2.24) is 0 Å². The molecule has 0 unspecified atom stereocenters. The van der Waals surface area contributed by atoms with Crippen LogP contribution in [-0.2, 0) is 14.3 Å². The lowest BCUT2D eigenvalue weighted by molar-refractivity contribution is -0.260. The summed E-state index contributed by atoms with van der Waals surface area (Å²) < 4.78 is 12.5. The molecule has 0 radical (unpaired) electrons. The van der Waals surface area contributed by atoms with Crippen molar-refractivity contribution in [2.24, 2.45) is 28.1 Å². The number of ether oxygens (including phenoxy) is 2. The molecule has 4 rings (SSSR count). The Balaban J connectivity index is 1.73. The van der Waals surface area contributed by atoms with Crippen molar-refractivity contribution in [2.45, 2.75) is 91.5 Å². The Hall–Kier alpha value is -0.410. The van der Waals surface area contributed by atoms with Crippen molar-refractivity contribution in [3.8, 4) is 0 Å². The van der Waals surface area contributed by atoms with Crippen molar-refractivity contribution in [1.29, 1.82) is 0 Å². The molecular weight excluding hydrogens is 300 g/mol. The molecule has 3 aliphatic carbocycles. The molecule has 4 fully saturated rings. The van der Waals surface area contributed by atoms with Gasteiger partial charge in [-0.2, -0.15) is 0 Å². The summed E-state index contributed by atoms with van der Waals surface area (Å²) in [5.41, 5.74) is 0.606. The van der Waals surface area contributed by atoms with Crippen LogP contribution in [0.3, 0.4) is 0 Å². The van der Waals surface area contributed by atoms with Gasteiger partial charge in [0.1, 0.15) is 5.78 Å². The summed E-state index contributed by atoms with van der Waals surface area (Å²) in [6.07, 6.45) is 7.81. The lowest BCUT2D eigenvalue weighted by Crippen LogP contribution is -2.61. The van der Waals surface area contributed by atoms with Gasteiger partial charge in [0.05, 0.1) is 12.7 Å². The quantitative estimate of drug-likeness (QED) is 0.642. The first-order valence-corrected chi connectivity index (χ1v) is 9.97. The first-order valence-electron chi connectivity index (χ1n) is 9.97. The second-order valence-electron chi connectivity index (χ2n) is 10.1. The van der Waals surface area contributed by atoms with Crippen molar-refractivity contribution >= 4 is 5.78 Å². The second-order valence-corrected chi connectivity index (χ2v) is 10.1. The van der Waals surface area contributed by atoms with Gasteiger partial charge in [-0.3, -0.25) is 4.79 Å². The van der Waals surface area contributed by atoms with Crippen LogP contribution >= 0.6 is 0 Å². The summed E-state index contributed by atoms with van der Waals surface area (Å²) in [5, 5.41) is 0. The van der Waals surface area contributed by atoms with E-state index in [9.17, 15) is 4.79 Å². The zero-order valence-electron chi connectivity index (χ0n) is 16.1. The molecule has 0 aromatic heterocycles. The van der Waals surface area contributed by atoms with E-state index in [1.165, 1.54) is 12.8 Å². The van der Waals surface area contributed by atoms with Crippen LogP contribution in [0.15, 0.2) is 0 Å². The highest BCUT2D eigenvalue weighted by Crippen LogP contribution is 2.70. The smallest absolute Gasteiger partial charge is 0.163 e. The van der Waals surface area contributed by atoms with Crippen molar-refractivity contribution in [3.05, 3.63) is 0 Å². The number of fused-ring (bicyclic) bond motifs is 5. The molecule has 6 atom stereocenters. The van der Waals surface area contributed by atoms with E-state index >= 15 is 0 Å². The summed E-state index contributed by atoms with van der Waals surface area (Å²) >= 11 is 0. The molecule has 3 nitrogen and oxygen atoms in total. The van der Waals surface area contributed by atoms with Gasteiger partial charge in [-0.15, -0.1) is 0 Å². The minimum Gasteiger partial charge on any atom is -0.350 e. The van der Waals surface area contributed by atoms with E-state index in [2.05, 4.69) is 34.6 Å². The molecule has 24 heavy (non-hydrogen) atoms. The zero-order valence-corrected chi connectivity index (χ0v) is 16.1. The van der Waals surface area contributed by atoms with Crippen LogP contribution in [-0.4, -0.2) is 24.3 Å². The zero-order chi connectivity index (χ0) is 17.4. The fourth-order valence-corrected chi connectivity index (χ4v) is 7.22. The Morgan fingerprint density at radius 1 is 0.917 bits per heavy atom. The number of carbonyl (C=O) groups excluding carboxylic acids is 1. The molecule has 1 saturated heterocycles. The summed E-state index contributed by atoms with van der Waals surface area (Å²) in [4.78, 5) is 12.5. The molecule has 0 aromatic carbocycles. The van der Waals surface area contributed by atoms with Gasteiger partial charge in [0.15, 0.2) is 5.79 Å². The normalized spacial score (nSPS) is 53.7. The van der Waals surface area contributed by atoms with E-state index in [1.807, 2.05) is 0 Å². The molecule has 0 amide bonds. The van der Waals surface area contributed by atoms with Crippen LogP contribution in [0.5, 0.6) is 0 Å². The Morgan fingerprint density at radius 2 is 1.67 bits per heavy atom. The molecule has 4 aliphatic rings. The number of Topliss-reactive ketones (excluding diaryl/α,β-unsaturated/α-hetero) is 1. The Labute approximate surface area is 146 Å². The average molecular weight is 335 g/mol. The van der Waals surface area contributed by atoms with Gasteiger partial charge in [0.2, 0.25) is 0 Å². The topological polar surface area (TPSA) is 35.5 Å². The summed E-state index contributed by atoms with van der Waals surface area (Å²) in [5.74, 6) is 0.998. The second kappa shape index (κ2) is 5.07. The third-order valence-corrected chi connectivity index (χ3v) is 8.84. The van der Waals surface area contributed by atoms with Crippen LogP contribution in [0.4, 0.5) is 0 Å². The summed E-state index contributed by atoms with van der Waals surface area (Å²) in [7, 11) is 0. The van der Waals surface area contributed by atoms with E-state index in [0.29, 0.717) is 17.6 Å². The van der Waals surface area contributed by atoms with E-state index in [-0.39, 0.29) is 22.3 Å². The van der Waals surface area contributed by atoms with Crippen LogP contribution in [0.2, 0.25) is 0 Å². The molecule has 0 N–H and O–H groups in total. The molecule has 3 saturated carbocycles. The maximum Gasteiger partial charge on any atom is 0.163 e. The molecule has 0 bridgehead atoms. The van der Waals surface area contributed by atoms with Gasteiger partial charge < -0.3 is 9.47 Å². The SMILES string of the molecule is CC1(C)OCC[C@]2(C)[C@H]3CC[C@@H]4C(=O)CC[C@@]4(C)[C@]3(C)CC[C@H]2O1. The summed E-state index contributed by atoms with van der Waals surface area (Å²) in [6.45, 7) is 12.3. The molecular formula is C21H34O3. The van der Waals surface area contributed by atoms with Crippen LogP contribution in [0.25, 0.3) is 0 Å². The van der Waals surface area contributed by atoms with Gasteiger partial charge in [-0.05, 0) is 74.5 Å². The number of hydrogen-bond donors (Lipinski definition) is 0. The minimum absolute atomic E-state index is 0.167. The monoisotopic (exact) mass is 334 g/mol. The number of rotatable bonds is 0. The van der Waals surface area contributed by atoms with E-state index in [0.717, 1.165) is 38.7 Å². The number of ketones is 1. The first kappa shape index (κ1) is 17.0. The largest absolute Gasteiger partial charge is 0.350 e. The Bertz CT molecular complexity index is 555. The van der Waals surface area contributed by atoms with Gasteiger partial charge in [-0.1, -0.05) is 20.8 Å². The predicted octanol–water partition coefficient (Wildman–Crippen LogP) is 4.73. The van der Waals surface area contributed by atoms with Gasteiger partial charge in [0.25, 0.3) is 0 Å². The van der Waals surface area contributed by atoms with E-state index in [4.69, 9.17) is 9.47 Å². The van der Waals surface area contributed by atoms with Crippen LogP contribution in [0.1, 0.15) is 79.6 Å². The Kier molecular flexibility index (Phi) is 3.59. The van der Waals surface area contributed by atoms with Gasteiger partial charge >= 0.3 is 0 Å². The van der Waals surface area contributed by atoms with Gasteiger partial charge in [-0.25, -0.2) is 0 Å². The van der Waals surface area contributed by atoms with Crippen LogP contribution < -0.4 is 0 Å². The Morgan fingerprint density at radius 3 is 2.42 bits per heavy atom. The van der Waals surface area contributed by atoms with Gasteiger partial charge in [0, 0.05) is 12.3 Å². The fourth-order valence-electron chi connectivity index (χ4n) is 7.22. The maximum atomic E-state index is 12.5. The lowest BCUT2D eigenvalue weighted by atomic mass is 9.40. The standard InChI is InChI=1S/C21H34O3/c1-18(2)23-13-12-19(3)16-7-6-14-15(22)8-10-20(14,4)21(16,5)11-9-17(19)24-18/h14,16-17H,6-13H2,1-5H3/t14-,16-,17-,19-,20-,21-/m1/s1. The van der Waals surface area contributed by atoms with E-state index in [1.54, 1.807) is 0 Å². The molecule has 1 aliphatic heterocycles. The van der Waals surface area contributed by atoms with Crippen molar-refractivity contribution in [2.75, 3.05) is 6.61 Å².